The van der Waals surface area contributed by atoms with Gasteiger partial charge in [-0.15, -0.1) is 11.3 Å². The second-order valence-electron chi connectivity index (χ2n) is 5.85. The van der Waals surface area contributed by atoms with Gasteiger partial charge in [0.05, 0.1) is 11.3 Å². The molecule has 3 amide bonds. The van der Waals surface area contributed by atoms with Crippen LogP contribution in [-0.2, 0) is 12.8 Å². The largest absolute Gasteiger partial charge is 0.365 e. The lowest BCUT2D eigenvalue weighted by Crippen LogP contribution is -2.22. The number of thiophene rings is 1. The number of amides is 3. The Kier molecular flexibility index (Phi) is 3.73. The van der Waals surface area contributed by atoms with E-state index in [4.69, 9.17) is 11.5 Å². The van der Waals surface area contributed by atoms with E-state index in [2.05, 4.69) is 10.4 Å². The summed E-state index contributed by atoms with van der Waals surface area (Å²) in [4.78, 5) is 23.9. The van der Waals surface area contributed by atoms with E-state index in [1.54, 1.807) is 24.4 Å². The molecule has 0 atom stereocenters. The van der Waals surface area contributed by atoms with Crippen LogP contribution < -0.4 is 16.8 Å². The standard InChI is InChI=1S/C17H14FN5O2S/c18-10-3-1-2-4-12(10)23-7-9-11(22-23)6-5-8-13(15(19)24)16(21-17(20)25)26-14(8)9/h1-4,7H,5-6H2,(H2,19,24)(H3,20,21,25). The van der Waals surface area contributed by atoms with Crippen molar-refractivity contribution in [1.82, 2.24) is 9.78 Å². The van der Waals surface area contributed by atoms with E-state index < -0.39 is 11.9 Å². The molecule has 1 aromatic carbocycles. The van der Waals surface area contributed by atoms with Crippen molar-refractivity contribution in [2.45, 2.75) is 12.8 Å². The first kappa shape index (κ1) is 16.3. The number of primary amides is 2. The van der Waals surface area contributed by atoms with Gasteiger partial charge in [0.2, 0.25) is 0 Å². The Labute approximate surface area is 151 Å². The van der Waals surface area contributed by atoms with Crippen LogP contribution in [0.2, 0.25) is 0 Å². The molecule has 0 fully saturated rings. The molecule has 0 bridgehead atoms. The molecule has 1 aliphatic rings. The predicted molar refractivity (Wildman–Crippen MR) is 96.0 cm³/mol. The summed E-state index contributed by atoms with van der Waals surface area (Å²) >= 11 is 1.21. The van der Waals surface area contributed by atoms with Crippen LogP contribution in [0, 0.1) is 5.82 Å². The number of fused-ring (bicyclic) bond motifs is 3. The summed E-state index contributed by atoms with van der Waals surface area (Å²) in [6, 6.07) is 5.58. The lowest BCUT2D eigenvalue weighted by atomic mass is 9.94. The molecule has 3 aromatic rings. The molecule has 0 unspecified atom stereocenters. The van der Waals surface area contributed by atoms with Crippen molar-refractivity contribution in [3.05, 3.63) is 53.1 Å². The number of rotatable bonds is 3. The van der Waals surface area contributed by atoms with Crippen LogP contribution in [0.3, 0.4) is 0 Å². The molecule has 5 N–H and O–H groups in total. The molecule has 132 valence electrons. The van der Waals surface area contributed by atoms with E-state index in [1.807, 2.05) is 0 Å². The summed E-state index contributed by atoms with van der Waals surface area (Å²) in [5, 5.41) is 7.26. The average molecular weight is 371 g/mol. The monoisotopic (exact) mass is 371 g/mol. The molecule has 0 saturated heterocycles. The van der Waals surface area contributed by atoms with Gasteiger partial charge < -0.3 is 11.5 Å². The molecular weight excluding hydrogens is 357 g/mol. The molecule has 9 heteroatoms. The number of halogens is 1. The zero-order valence-electron chi connectivity index (χ0n) is 13.5. The zero-order valence-corrected chi connectivity index (χ0v) is 14.3. The Morgan fingerprint density at radius 2 is 2.00 bits per heavy atom. The van der Waals surface area contributed by atoms with Crippen LogP contribution in [-0.4, -0.2) is 21.7 Å². The fourth-order valence-electron chi connectivity index (χ4n) is 3.17. The first-order chi connectivity index (χ1) is 12.5. The van der Waals surface area contributed by atoms with E-state index in [9.17, 15) is 14.0 Å². The minimum Gasteiger partial charge on any atom is -0.365 e. The molecule has 0 saturated carbocycles. The van der Waals surface area contributed by atoms with Gasteiger partial charge in [0.25, 0.3) is 5.91 Å². The Balaban J connectivity index is 1.87. The summed E-state index contributed by atoms with van der Waals surface area (Å²) < 4.78 is 15.6. The molecule has 26 heavy (non-hydrogen) atoms. The minimum absolute atomic E-state index is 0.271. The fraction of sp³-hybridized carbons (Fsp3) is 0.118. The van der Waals surface area contributed by atoms with Gasteiger partial charge in [-0.2, -0.15) is 5.10 Å². The third kappa shape index (κ3) is 2.53. The summed E-state index contributed by atoms with van der Waals surface area (Å²) in [6.45, 7) is 0. The Bertz CT molecular complexity index is 1060. The third-order valence-corrected chi connectivity index (χ3v) is 5.42. The van der Waals surface area contributed by atoms with Gasteiger partial charge in [0.1, 0.15) is 16.5 Å². The van der Waals surface area contributed by atoms with Crippen molar-refractivity contribution < 1.29 is 14.0 Å². The lowest BCUT2D eigenvalue weighted by Gasteiger charge is -2.11. The number of aryl methyl sites for hydroxylation is 1. The molecular formula is C17H14FN5O2S. The highest BCUT2D eigenvalue weighted by atomic mass is 32.1. The zero-order chi connectivity index (χ0) is 18.4. The van der Waals surface area contributed by atoms with Crippen LogP contribution in [0.5, 0.6) is 0 Å². The maximum Gasteiger partial charge on any atom is 0.317 e. The van der Waals surface area contributed by atoms with Gasteiger partial charge in [0.15, 0.2) is 0 Å². The SMILES string of the molecule is NC(=O)Nc1sc2c(c1C(N)=O)CCc1nn(-c3ccccc3F)cc1-2. The topological polar surface area (TPSA) is 116 Å². The van der Waals surface area contributed by atoms with E-state index >= 15 is 0 Å². The summed E-state index contributed by atoms with van der Waals surface area (Å²) in [6.07, 6.45) is 2.85. The first-order valence-electron chi connectivity index (χ1n) is 7.81. The van der Waals surface area contributed by atoms with Crippen molar-refractivity contribution in [3.8, 4) is 16.1 Å². The van der Waals surface area contributed by atoms with Gasteiger partial charge in [-0.3, -0.25) is 10.1 Å². The smallest absolute Gasteiger partial charge is 0.317 e. The van der Waals surface area contributed by atoms with Gasteiger partial charge in [0, 0.05) is 16.6 Å². The van der Waals surface area contributed by atoms with Crippen molar-refractivity contribution >= 4 is 28.3 Å². The molecule has 0 spiro atoms. The minimum atomic E-state index is -0.770. The highest BCUT2D eigenvalue weighted by Crippen LogP contribution is 2.45. The number of para-hydroxylation sites is 1. The van der Waals surface area contributed by atoms with Crippen LogP contribution in [0.15, 0.2) is 30.5 Å². The number of nitrogens with zero attached hydrogens (tertiary/aromatic N) is 2. The molecule has 1 aliphatic carbocycles. The quantitative estimate of drug-likeness (QED) is 0.656. The van der Waals surface area contributed by atoms with Crippen LogP contribution in [0.1, 0.15) is 21.6 Å². The Morgan fingerprint density at radius 3 is 2.69 bits per heavy atom. The highest BCUT2D eigenvalue weighted by molar-refractivity contribution is 7.20. The number of nitrogens with two attached hydrogens (primary N) is 2. The van der Waals surface area contributed by atoms with Crippen molar-refractivity contribution in [2.24, 2.45) is 11.5 Å². The lowest BCUT2D eigenvalue weighted by molar-refractivity contribution is 0.100. The number of carbonyl (C=O) groups is 2. The molecule has 0 radical (unpaired) electrons. The van der Waals surface area contributed by atoms with Crippen molar-refractivity contribution in [2.75, 3.05) is 5.32 Å². The number of carbonyl (C=O) groups excluding carboxylic acids is 2. The molecule has 7 nitrogen and oxygen atoms in total. The number of anilines is 1. The second-order valence-corrected chi connectivity index (χ2v) is 6.87. The van der Waals surface area contributed by atoms with Gasteiger partial charge in [-0.1, -0.05) is 12.1 Å². The molecule has 2 aromatic heterocycles. The highest BCUT2D eigenvalue weighted by Gasteiger charge is 2.29. The second kappa shape index (κ2) is 5.95. The number of benzene rings is 1. The van der Waals surface area contributed by atoms with E-state index in [-0.39, 0.29) is 11.4 Å². The number of urea groups is 1. The van der Waals surface area contributed by atoms with Gasteiger partial charge in [-0.25, -0.2) is 13.9 Å². The number of hydrogen-bond acceptors (Lipinski definition) is 4. The maximum absolute atomic E-state index is 14.1. The summed E-state index contributed by atoms with van der Waals surface area (Å²) in [7, 11) is 0. The molecule has 4 rings (SSSR count). The van der Waals surface area contributed by atoms with Gasteiger partial charge in [-0.05, 0) is 30.5 Å². The normalized spacial score (nSPS) is 12.3. The van der Waals surface area contributed by atoms with Crippen LogP contribution >= 0.6 is 11.3 Å². The van der Waals surface area contributed by atoms with Crippen LogP contribution in [0.25, 0.3) is 16.1 Å². The van der Waals surface area contributed by atoms with E-state index in [1.165, 1.54) is 22.1 Å². The number of hydrogen-bond donors (Lipinski definition) is 3. The average Bonchev–Trinajstić information content (AvgIpc) is 3.15. The Morgan fingerprint density at radius 1 is 1.23 bits per heavy atom. The van der Waals surface area contributed by atoms with Gasteiger partial charge >= 0.3 is 6.03 Å². The summed E-state index contributed by atoms with van der Waals surface area (Å²) in [5.41, 5.74) is 13.6. The van der Waals surface area contributed by atoms with Crippen LogP contribution in [0.4, 0.5) is 14.2 Å². The molecule has 0 aliphatic heterocycles. The van der Waals surface area contributed by atoms with E-state index in [0.29, 0.717) is 23.5 Å². The Hall–Kier alpha value is -3.20. The third-order valence-electron chi connectivity index (χ3n) is 4.24. The maximum atomic E-state index is 14.1. The first-order valence-corrected chi connectivity index (χ1v) is 8.63. The van der Waals surface area contributed by atoms with E-state index in [0.717, 1.165) is 21.7 Å². The predicted octanol–water partition coefficient (Wildman–Crippen LogP) is 2.43. The number of nitrogens with one attached hydrogen (secondary N) is 1. The summed E-state index contributed by atoms with van der Waals surface area (Å²) in [5.74, 6) is -1.01. The van der Waals surface area contributed by atoms with Crippen molar-refractivity contribution in [1.29, 1.82) is 0 Å². The van der Waals surface area contributed by atoms with Crippen molar-refractivity contribution in [3.63, 3.8) is 0 Å². The fourth-order valence-corrected chi connectivity index (χ4v) is 4.46. The number of aromatic nitrogens is 2. The molecule has 2 heterocycles.